The van der Waals surface area contributed by atoms with Gasteiger partial charge in [-0.25, -0.2) is 4.79 Å². The summed E-state index contributed by atoms with van der Waals surface area (Å²) in [7, 11) is 0. The molecule has 4 amide bonds. The number of imide groups is 2. The predicted molar refractivity (Wildman–Crippen MR) is 115 cm³/mol. The minimum atomic E-state index is -0.653. The first-order valence-electron chi connectivity index (χ1n) is 10.2. The smallest absolute Gasteiger partial charge is 0.316 e. The van der Waals surface area contributed by atoms with Crippen molar-refractivity contribution in [2.24, 2.45) is 0 Å². The lowest BCUT2D eigenvalue weighted by Gasteiger charge is -2.35. The first-order chi connectivity index (χ1) is 14.4. The molecule has 1 saturated heterocycles. The number of para-hydroxylation sites is 1. The fourth-order valence-corrected chi connectivity index (χ4v) is 4.66. The Bertz CT molecular complexity index is 1060. The fourth-order valence-electron chi connectivity index (χ4n) is 4.43. The molecule has 0 radical (unpaired) electrons. The molecule has 30 heavy (non-hydrogen) atoms. The van der Waals surface area contributed by atoms with Crippen LogP contribution in [0.15, 0.2) is 35.9 Å². The normalized spacial score (nSPS) is 19.5. The minimum absolute atomic E-state index is 0.0143. The number of benzene rings is 1. The van der Waals surface area contributed by atoms with Gasteiger partial charge in [-0.3, -0.25) is 19.8 Å². The molecule has 2 fully saturated rings. The number of amides is 4. The van der Waals surface area contributed by atoms with Gasteiger partial charge in [0.05, 0.1) is 10.7 Å². The highest BCUT2D eigenvalue weighted by Crippen LogP contribution is 2.29. The third-order valence-electron chi connectivity index (χ3n) is 5.94. The van der Waals surface area contributed by atoms with Crippen molar-refractivity contribution in [3.05, 3.63) is 57.9 Å². The van der Waals surface area contributed by atoms with E-state index in [1.807, 2.05) is 48.7 Å². The van der Waals surface area contributed by atoms with Gasteiger partial charge in [0, 0.05) is 17.4 Å². The molecule has 7 heteroatoms. The Morgan fingerprint density at radius 1 is 1.07 bits per heavy atom. The van der Waals surface area contributed by atoms with Crippen molar-refractivity contribution in [3.63, 3.8) is 0 Å². The number of aromatic nitrogens is 1. The summed E-state index contributed by atoms with van der Waals surface area (Å²) >= 11 is 6.37. The molecule has 1 aliphatic heterocycles. The maximum Gasteiger partial charge on any atom is 0.331 e. The van der Waals surface area contributed by atoms with Crippen LogP contribution >= 0.6 is 11.6 Å². The number of carbonyl (C=O) groups is 3. The van der Waals surface area contributed by atoms with E-state index in [1.54, 1.807) is 6.08 Å². The van der Waals surface area contributed by atoms with Crippen LogP contribution in [0.5, 0.6) is 0 Å². The van der Waals surface area contributed by atoms with E-state index >= 15 is 0 Å². The molecule has 156 valence electrons. The van der Waals surface area contributed by atoms with Gasteiger partial charge >= 0.3 is 6.03 Å². The largest absolute Gasteiger partial charge is 0.331 e. The number of barbiturate groups is 1. The number of aryl methyl sites for hydroxylation is 1. The van der Waals surface area contributed by atoms with E-state index in [2.05, 4.69) is 5.32 Å². The number of rotatable bonds is 3. The molecular weight excluding hydrogens is 402 g/mol. The number of carbonyl (C=O) groups excluding carboxylic acids is 3. The Morgan fingerprint density at radius 3 is 2.47 bits per heavy atom. The van der Waals surface area contributed by atoms with E-state index in [-0.39, 0.29) is 11.6 Å². The summed E-state index contributed by atoms with van der Waals surface area (Å²) in [6.07, 6.45) is 6.20. The van der Waals surface area contributed by atoms with Crippen molar-refractivity contribution < 1.29 is 14.4 Å². The van der Waals surface area contributed by atoms with Gasteiger partial charge in [0.15, 0.2) is 0 Å². The topological polar surface area (TPSA) is 71.4 Å². The third kappa shape index (κ3) is 3.56. The molecule has 0 spiro atoms. The van der Waals surface area contributed by atoms with E-state index in [4.69, 9.17) is 11.6 Å². The molecule has 0 unspecified atom stereocenters. The maximum absolute atomic E-state index is 13.1. The van der Waals surface area contributed by atoms with E-state index in [1.165, 1.54) is 4.90 Å². The van der Waals surface area contributed by atoms with Crippen LogP contribution in [0.2, 0.25) is 5.02 Å². The van der Waals surface area contributed by atoms with Crippen molar-refractivity contribution in [2.75, 3.05) is 0 Å². The molecule has 4 rings (SSSR count). The van der Waals surface area contributed by atoms with E-state index in [0.29, 0.717) is 5.02 Å². The van der Waals surface area contributed by atoms with Crippen LogP contribution < -0.4 is 5.32 Å². The Kier molecular flexibility index (Phi) is 5.52. The van der Waals surface area contributed by atoms with Crippen LogP contribution in [-0.2, 0) is 9.59 Å². The number of urea groups is 1. The van der Waals surface area contributed by atoms with Crippen LogP contribution in [0.4, 0.5) is 4.79 Å². The van der Waals surface area contributed by atoms with Gasteiger partial charge in [-0.2, -0.15) is 0 Å². The lowest BCUT2D eigenvalue weighted by atomic mass is 9.93. The molecule has 2 heterocycles. The molecule has 2 aliphatic rings. The number of nitrogens with one attached hydrogen (secondary N) is 1. The zero-order chi connectivity index (χ0) is 21.4. The van der Waals surface area contributed by atoms with Crippen molar-refractivity contribution in [3.8, 4) is 5.69 Å². The van der Waals surface area contributed by atoms with Crippen molar-refractivity contribution >= 4 is 35.5 Å². The SMILES string of the molecule is Cc1cc(C=C2C(=O)NC(=O)N(C3CCCCC3)C2=O)c(C)n1-c1ccccc1Cl. The standard InChI is InChI=1S/C23H24ClN3O3/c1-14-12-16(15(2)26(14)20-11-7-6-10-19(20)24)13-18-21(28)25-23(30)27(22(18)29)17-8-4-3-5-9-17/h6-7,10-13,17H,3-5,8-9H2,1-2H3,(H,25,28,30). The Balaban J connectivity index is 1.73. The van der Waals surface area contributed by atoms with Gasteiger partial charge in [-0.15, -0.1) is 0 Å². The summed E-state index contributed by atoms with van der Waals surface area (Å²) in [4.78, 5) is 39.2. The van der Waals surface area contributed by atoms with Crippen molar-refractivity contribution in [1.82, 2.24) is 14.8 Å². The number of hydrogen-bond acceptors (Lipinski definition) is 3. The van der Waals surface area contributed by atoms with Gasteiger partial charge in [0.2, 0.25) is 0 Å². The second kappa shape index (κ2) is 8.11. The monoisotopic (exact) mass is 425 g/mol. The van der Waals surface area contributed by atoms with Gasteiger partial charge in [0.1, 0.15) is 5.57 Å². The zero-order valence-corrected chi connectivity index (χ0v) is 17.8. The highest BCUT2D eigenvalue weighted by atomic mass is 35.5. The minimum Gasteiger partial charge on any atom is -0.316 e. The van der Waals surface area contributed by atoms with Gasteiger partial charge in [0.25, 0.3) is 11.8 Å². The highest BCUT2D eigenvalue weighted by molar-refractivity contribution is 6.32. The average molecular weight is 426 g/mol. The second-order valence-corrected chi connectivity index (χ2v) is 8.30. The second-order valence-electron chi connectivity index (χ2n) is 7.90. The summed E-state index contributed by atoms with van der Waals surface area (Å²) in [6, 6.07) is 8.65. The number of hydrogen-bond donors (Lipinski definition) is 1. The molecule has 1 N–H and O–H groups in total. The van der Waals surface area contributed by atoms with Crippen molar-refractivity contribution in [1.29, 1.82) is 0 Å². The highest BCUT2D eigenvalue weighted by Gasteiger charge is 2.40. The van der Waals surface area contributed by atoms with Crippen LogP contribution in [0.1, 0.15) is 49.1 Å². The first-order valence-corrected chi connectivity index (χ1v) is 10.6. The summed E-state index contributed by atoms with van der Waals surface area (Å²) in [5, 5.41) is 2.95. The van der Waals surface area contributed by atoms with Gasteiger partial charge in [-0.05, 0) is 56.5 Å². The quantitative estimate of drug-likeness (QED) is 0.579. The summed E-state index contributed by atoms with van der Waals surface area (Å²) in [6.45, 7) is 3.86. The number of halogens is 1. The molecule has 1 aromatic carbocycles. The van der Waals surface area contributed by atoms with Crippen LogP contribution in [0, 0.1) is 13.8 Å². The molecule has 0 atom stereocenters. The van der Waals surface area contributed by atoms with Gasteiger partial charge in [-0.1, -0.05) is 43.0 Å². The van der Waals surface area contributed by atoms with E-state index in [9.17, 15) is 14.4 Å². The molecule has 0 bridgehead atoms. The predicted octanol–water partition coefficient (Wildman–Crippen LogP) is 4.54. The van der Waals surface area contributed by atoms with E-state index < -0.39 is 17.8 Å². The lowest BCUT2D eigenvalue weighted by molar-refractivity contribution is -0.132. The Labute approximate surface area is 180 Å². The average Bonchev–Trinajstić information content (AvgIpc) is 2.99. The van der Waals surface area contributed by atoms with Crippen LogP contribution in [-0.4, -0.2) is 33.4 Å². The molecule has 1 aromatic heterocycles. The molecule has 6 nitrogen and oxygen atoms in total. The van der Waals surface area contributed by atoms with Crippen LogP contribution in [0.3, 0.4) is 0 Å². The maximum atomic E-state index is 13.1. The van der Waals surface area contributed by atoms with Gasteiger partial charge < -0.3 is 4.57 Å². The van der Waals surface area contributed by atoms with Crippen molar-refractivity contribution in [2.45, 2.75) is 52.0 Å². The van der Waals surface area contributed by atoms with E-state index in [0.717, 1.165) is 54.7 Å². The summed E-state index contributed by atoms with van der Waals surface area (Å²) in [5.41, 5.74) is 3.34. The molecule has 1 aliphatic carbocycles. The number of nitrogens with zero attached hydrogens (tertiary/aromatic N) is 2. The lowest BCUT2D eigenvalue weighted by Crippen LogP contribution is -2.58. The Morgan fingerprint density at radius 2 is 1.77 bits per heavy atom. The fraction of sp³-hybridized carbons (Fsp3) is 0.348. The zero-order valence-electron chi connectivity index (χ0n) is 17.1. The molecule has 1 saturated carbocycles. The molecule has 2 aromatic rings. The molecular formula is C23H24ClN3O3. The third-order valence-corrected chi connectivity index (χ3v) is 6.26. The van der Waals surface area contributed by atoms with Crippen LogP contribution in [0.25, 0.3) is 11.8 Å². The first kappa shape index (κ1) is 20.4. The summed E-state index contributed by atoms with van der Waals surface area (Å²) < 4.78 is 1.99. The Hall–Kier alpha value is -2.86. The summed E-state index contributed by atoms with van der Waals surface area (Å²) in [5.74, 6) is -1.17.